The summed E-state index contributed by atoms with van der Waals surface area (Å²) in [6.07, 6.45) is -10.2. The Bertz CT molecular complexity index is 461. The Labute approximate surface area is 130 Å². The van der Waals surface area contributed by atoms with Crippen molar-refractivity contribution in [2.24, 2.45) is 0 Å². The molecule has 0 bridgehead atoms. The summed E-state index contributed by atoms with van der Waals surface area (Å²) in [6, 6.07) is 0. The Morgan fingerprint density at radius 3 is 1.28 bits per heavy atom. The number of rotatable bonds is 8. The number of hydrogen-bond donors (Lipinski definition) is 0. The van der Waals surface area contributed by atoms with Gasteiger partial charge in [-0.15, -0.1) is 0 Å². The van der Waals surface area contributed by atoms with Gasteiger partial charge in [-0.25, -0.2) is 0 Å². The van der Waals surface area contributed by atoms with Crippen LogP contribution in [0.15, 0.2) is 0 Å². The lowest BCUT2D eigenvalue weighted by atomic mass is 9.93. The third kappa shape index (κ3) is 4.06. The van der Waals surface area contributed by atoms with Gasteiger partial charge in [-0.1, -0.05) is 0 Å². The number of halogens is 13. The standard InChI is InChI=1S/C8H4F13O3P/c9-3(10,1-2-24-25(22)23)4(11,12)5(13,14)6(15,16)7(17,18)8(19,20)21/h1-2H2/q-2. The molecule has 0 aromatic heterocycles. The highest BCUT2D eigenvalue weighted by atomic mass is 31.2. The van der Waals surface area contributed by atoms with E-state index >= 15 is 0 Å². The first-order valence-corrected chi connectivity index (χ1v) is 6.49. The molecule has 0 heterocycles. The second-order valence-corrected chi connectivity index (χ2v) is 5.01. The summed E-state index contributed by atoms with van der Waals surface area (Å²) in [5.74, 6) is -37.4. The van der Waals surface area contributed by atoms with E-state index in [0.29, 0.717) is 0 Å². The van der Waals surface area contributed by atoms with Crippen LogP contribution < -0.4 is 9.79 Å². The molecule has 0 unspecified atom stereocenters. The summed E-state index contributed by atoms with van der Waals surface area (Å²) < 4.78 is 167. The van der Waals surface area contributed by atoms with Gasteiger partial charge in [0.15, 0.2) is 0 Å². The van der Waals surface area contributed by atoms with Gasteiger partial charge in [-0.2, -0.15) is 65.7 Å². The molecule has 0 rings (SSSR count). The van der Waals surface area contributed by atoms with Crippen molar-refractivity contribution in [3.05, 3.63) is 0 Å². The fourth-order valence-electron chi connectivity index (χ4n) is 1.21. The van der Waals surface area contributed by atoms with E-state index in [4.69, 9.17) is 0 Å². The average molecular weight is 426 g/mol. The van der Waals surface area contributed by atoms with Crippen LogP contribution in [-0.2, 0) is 4.52 Å². The predicted octanol–water partition coefficient (Wildman–Crippen LogP) is 3.08. The van der Waals surface area contributed by atoms with E-state index in [-0.39, 0.29) is 0 Å². The molecule has 0 radical (unpaired) electrons. The third-order valence-electron chi connectivity index (χ3n) is 2.61. The summed E-state index contributed by atoms with van der Waals surface area (Å²) in [7, 11) is -3.96. The van der Waals surface area contributed by atoms with Crippen LogP contribution in [0.4, 0.5) is 57.1 Å². The Hall–Kier alpha value is -0.600. The smallest absolute Gasteiger partial charge is 0.460 e. The van der Waals surface area contributed by atoms with Gasteiger partial charge in [0, 0.05) is 6.42 Å². The van der Waals surface area contributed by atoms with Gasteiger partial charge < -0.3 is 14.3 Å². The average Bonchev–Trinajstić information content (AvgIpc) is 2.35. The van der Waals surface area contributed by atoms with Gasteiger partial charge in [-0.3, -0.25) is 0 Å². The van der Waals surface area contributed by atoms with E-state index in [2.05, 4.69) is 4.52 Å². The molecule has 0 aliphatic heterocycles. The van der Waals surface area contributed by atoms with E-state index in [9.17, 15) is 66.9 Å². The fourth-order valence-corrected chi connectivity index (χ4v) is 1.45. The number of alkyl halides is 13. The SMILES string of the molecule is [O-]P([O-])OCCC(F)(F)C(F)(F)C(F)(F)C(F)(F)C(F)(F)C(F)(F)F. The topological polar surface area (TPSA) is 55.3 Å². The van der Waals surface area contributed by atoms with Crippen molar-refractivity contribution in [1.82, 2.24) is 0 Å². The highest BCUT2D eigenvalue weighted by molar-refractivity contribution is 7.36. The lowest BCUT2D eigenvalue weighted by Gasteiger charge is -2.40. The zero-order valence-electron chi connectivity index (χ0n) is 11.0. The van der Waals surface area contributed by atoms with Gasteiger partial charge in [0.2, 0.25) is 0 Å². The molecule has 0 saturated heterocycles. The lowest BCUT2D eigenvalue weighted by Crippen LogP contribution is -2.70. The van der Waals surface area contributed by atoms with Crippen LogP contribution in [-0.4, -0.2) is 42.4 Å². The van der Waals surface area contributed by atoms with Crippen molar-refractivity contribution >= 4 is 8.60 Å². The molecule has 0 fully saturated rings. The molecule has 0 N–H and O–H groups in total. The highest BCUT2D eigenvalue weighted by Gasteiger charge is 2.90. The Balaban J connectivity index is 5.86. The molecular weight excluding hydrogens is 422 g/mol. The molecule has 0 atom stereocenters. The highest BCUT2D eigenvalue weighted by Crippen LogP contribution is 2.60. The predicted molar refractivity (Wildman–Crippen MR) is 48.3 cm³/mol. The first kappa shape index (κ1) is 24.4. The van der Waals surface area contributed by atoms with Gasteiger partial charge in [0.1, 0.15) is 0 Å². The van der Waals surface area contributed by atoms with Crippen LogP contribution in [0, 0.1) is 0 Å². The van der Waals surface area contributed by atoms with Gasteiger partial charge in [0.05, 0.1) is 6.61 Å². The third-order valence-corrected chi connectivity index (χ3v) is 3.00. The Kier molecular flexibility index (Phi) is 6.69. The fraction of sp³-hybridized carbons (Fsp3) is 1.00. The monoisotopic (exact) mass is 426 g/mol. The number of hydrogen-bond acceptors (Lipinski definition) is 3. The van der Waals surface area contributed by atoms with Crippen LogP contribution in [0.5, 0.6) is 0 Å². The first-order valence-electron chi connectivity index (χ1n) is 5.40. The largest absolute Gasteiger partial charge is 0.820 e. The summed E-state index contributed by atoms with van der Waals surface area (Å²) in [5.41, 5.74) is 0. The maximum Gasteiger partial charge on any atom is 0.460 e. The molecule has 0 spiro atoms. The molecule has 0 saturated carbocycles. The molecule has 0 aromatic rings. The summed E-state index contributed by atoms with van der Waals surface area (Å²) in [4.78, 5) is 19.6. The molecule has 17 heteroatoms. The van der Waals surface area contributed by atoms with E-state index in [0.717, 1.165) is 0 Å². The molecule has 0 aliphatic rings. The first-order chi connectivity index (χ1) is 10.7. The maximum atomic E-state index is 13.0. The summed E-state index contributed by atoms with van der Waals surface area (Å²) in [5, 5.41) is 0. The van der Waals surface area contributed by atoms with Crippen molar-refractivity contribution in [2.75, 3.05) is 6.61 Å². The van der Waals surface area contributed by atoms with Gasteiger partial charge >= 0.3 is 35.8 Å². The maximum absolute atomic E-state index is 13.0. The van der Waals surface area contributed by atoms with E-state index < -0.39 is 57.4 Å². The van der Waals surface area contributed by atoms with E-state index in [1.807, 2.05) is 0 Å². The molecule has 0 aromatic carbocycles. The van der Waals surface area contributed by atoms with Crippen molar-refractivity contribution in [3.63, 3.8) is 0 Å². The molecule has 0 aliphatic carbocycles. The van der Waals surface area contributed by atoms with E-state index in [1.165, 1.54) is 0 Å². The normalized spacial score (nSPS) is 15.8. The van der Waals surface area contributed by atoms with Gasteiger partial charge in [-0.05, 0) is 0 Å². The molecule has 25 heavy (non-hydrogen) atoms. The summed E-state index contributed by atoms with van der Waals surface area (Å²) in [6.45, 7) is -1.97. The Morgan fingerprint density at radius 1 is 0.600 bits per heavy atom. The van der Waals surface area contributed by atoms with Crippen LogP contribution >= 0.6 is 8.60 Å². The lowest BCUT2D eigenvalue weighted by molar-refractivity contribution is -0.440. The molecular formula is C8H4F13O3P-2. The quantitative estimate of drug-likeness (QED) is 0.443. The minimum absolute atomic E-state index is 1.97. The molecule has 0 amide bonds. The van der Waals surface area contributed by atoms with Crippen molar-refractivity contribution in [2.45, 2.75) is 42.2 Å². The van der Waals surface area contributed by atoms with Crippen molar-refractivity contribution in [1.29, 1.82) is 0 Å². The van der Waals surface area contributed by atoms with Crippen molar-refractivity contribution < 1.29 is 71.4 Å². The second-order valence-electron chi connectivity index (χ2n) is 4.31. The molecule has 3 nitrogen and oxygen atoms in total. The molecule has 152 valence electrons. The Morgan fingerprint density at radius 2 is 0.960 bits per heavy atom. The van der Waals surface area contributed by atoms with E-state index in [1.54, 1.807) is 0 Å². The van der Waals surface area contributed by atoms with Crippen LogP contribution in [0.25, 0.3) is 0 Å². The zero-order chi connectivity index (χ0) is 20.7. The zero-order valence-corrected chi connectivity index (χ0v) is 11.9. The van der Waals surface area contributed by atoms with Crippen LogP contribution in [0.1, 0.15) is 6.42 Å². The van der Waals surface area contributed by atoms with Crippen LogP contribution in [0.2, 0.25) is 0 Å². The van der Waals surface area contributed by atoms with Crippen LogP contribution in [0.3, 0.4) is 0 Å². The van der Waals surface area contributed by atoms with Crippen molar-refractivity contribution in [3.8, 4) is 0 Å². The minimum atomic E-state index is -7.98. The summed E-state index contributed by atoms with van der Waals surface area (Å²) >= 11 is 0. The minimum Gasteiger partial charge on any atom is -0.820 e. The second kappa shape index (κ2) is 6.85. The van der Waals surface area contributed by atoms with Gasteiger partial charge in [0.25, 0.3) is 0 Å².